The standard InChI is InChI=1S/C12H21N3/c1-10-6-5-8-13-12(10)14-11(2)7-9-15(3)4/h5-6,8,11H,7,9H2,1-4H3,(H,13,14). The van der Waals surface area contributed by atoms with E-state index in [0.717, 1.165) is 18.8 Å². The second-order valence-electron chi connectivity index (χ2n) is 4.31. The molecule has 3 heteroatoms. The summed E-state index contributed by atoms with van der Waals surface area (Å²) in [6, 6.07) is 4.50. The van der Waals surface area contributed by atoms with E-state index in [9.17, 15) is 0 Å². The average molecular weight is 207 g/mol. The molecule has 0 fully saturated rings. The van der Waals surface area contributed by atoms with E-state index in [0.29, 0.717) is 6.04 Å². The van der Waals surface area contributed by atoms with Crippen LogP contribution in [-0.4, -0.2) is 36.6 Å². The fourth-order valence-electron chi connectivity index (χ4n) is 1.39. The molecule has 0 radical (unpaired) electrons. The van der Waals surface area contributed by atoms with Crippen molar-refractivity contribution in [3.05, 3.63) is 23.9 Å². The van der Waals surface area contributed by atoms with Crippen LogP contribution in [0.2, 0.25) is 0 Å². The average Bonchev–Trinajstić information content (AvgIpc) is 2.18. The Morgan fingerprint density at radius 1 is 1.47 bits per heavy atom. The zero-order valence-corrected chi connectivity index (χ0v) is 10.1. The number of rotatable bonds is 5. The Labute approximate surface area is 92.5 Å². The van der Waals surface area contributed by atoms with Gasteiger partial charge in [-0.2, -0.15) is 0 Å². The second-order valence-corrected chi connectivity index (χ2v) is 4.31. The Morgan fingerprint density at radius 2 is 2.20 bits per heavy atom. The van der Waals surface area contributed by atoms with Gasteiger partial charge in [0.05, 0.1) is 0 Å². The zero-order chi connectivity index (χ0) is 11.3. The molecule has 1 unspecified atom stereocenters. The van der Waals surface area contributed by atoms with Crippen molar-refractivity contribution in [1.82, 2.24) is 9.88 Å². The number of anilines is 1. The van der Waals surface area contributed by atoms with Gasteiger partial charge in [-0.3, -0.25) is 0 Å². The van der Waals surface area contributed by atoms with Crippen LogP contribution in [0.25, 0.3) is 0 Å². The first kappa shape index (κ1) is 12.0. The molecule has 84 valence electrons. The van der Waals surface area contributed by atoms with Crippen LogP contribution in [0.5, 0.6) is 0 Å². The van der Waals surface area contributed by atoms with Gasteiger partial charge in [-0.05, 0) is 52.5 Å². The van der Waals surface area contributed by atoms with E-state index in [1.807, 2.05) is 12.3 Å². The van der Waals surface area contributed by atoms with Crippen LogP contribution in [-0.2, 0) is 0 Å². The van der Waals surface area contributed by atoms with E-state index in [1.54, 1.807) is 0 Å². The molecule has 1 atom stereocenters. The predicted molar refractivity (Wildman–Crippen MR) is 65.2 cm³/mol. The van der Waals surface area contributed by atoms with Gasteiger partial charge in [-0.15, -0.1) is 0 Å². The maximum atomic E-state index is 4.32. The summed E-state index contributed by atoms with van der Waals surface area (Å²) in [5.74, 6) is 1.00. The molecule has 0 amide bonds. The highest BCUT2D eigenvalue weighted by Crippen LogP contribution is 2.11. The number of aryl methyl sites for hydroxylation is 1. The van der Waals surface area contributed by atoms with Crippen LogP contribution >= 0.6 is 0 Å². The maximum absolute atomic E-state index is 4.32. The Hall–Kier alpha value is -1.09. The highest BCUT2D eigenvalue weighted by molar-refractivity contribution is 5.43. The second kappa shape index (κ2) is 5.71. The lowest BCUT2D eigenvalue weighted by Gasteiger charge is -2.18. The first-order valence-electron chi connectivity index (χ1n) is 5.42. The summed E-state index contributed by atoms with van der Waals surface area (Å²) in [4.78, 5) is 6.52. The summed E-state index contributed by atoms with van der Waals surface area (Å²) < 4.78 is 0. The molecular formula is C12H21N3. The van der Waals surface area contributed by atoms with Crippen LogP contribution < -0.4 is 5.32 Å². The Bertz CT molecular complexity index is 297. The normalized spacial score (nSPS) is 12.9. The van der Waals surface area contributed by atoms with Crippen molar-refractivity contribution in [2.45, 2.75) is 26.3 Å². The molecule has 1 aromatic rings. The first-order chi connectivity index (χ1) is 7.09. The van der Waals surface area contributed by atoms with Crippen LogP contribution in [0.1, 0.15) is 18.9 Å². The molecule has 3 nitrogen and oxygen atoms in total. The van der Waals surface area contributed by atoms with Gasteiger partial charge in [0.2, 0.25) is 0 Å². The Balaban J connectivity index is 2.44. The monoisotopic (exact) mass is 207 g/mol. The third kappa shape index (κ3) is 4.30. The van der Waals surface area contributed by atoms with Crippen molar-refractivity contribution in [3.8, 4) is 0 Å². The van der Waals surface area contributed by atoms with Crippen molar-refractivity contribution in [1.29, 1.82) is 0 Å². The molecule has 0 bridgehead atoms. The van der Waals surface area contributed by atoms with Crippen LogP contribution in [0, 0.1) is 6.92 Å². The van der Waals surface area contributed by atoms with Crippen molar-refractivity contribution in [2.24, 2.45) is 0 Å². The molecule has 1 N–H and O–H groups in total. The Morgan fingerprint density at radius 3 is 2.80 bits per heavy atom. The van der Waals surface area contributed by atoms with Gasteiger partial charge in [-0.25, -0.2) is 4.98 Å². The van der Waals surface area contributed by atoms with E-state index >= 15 is 0 Å². The SMILES string of the molecule is Cc1cccnc1NC(C)CCN(C)C. The highest BCUT2D eigenvalue weighted by Gasteiger charge is 2.04. The molecule has 0 aliphatic rings. The predicted octanol–water partition coefficient (Wildman–Crippen LogP) is 2.14. The van der Waals surface area contributed by atoms with Crippen molar-refractivity contribution in [2.75, 3.05) is 26.0 Å². The van der Waals surface area contributed by atoms with Crippen molar-refractivity contribution in [3.63, 3.8) is 0 Å². The minimum Gasteiger partial charge on any atom is -0.367 e. The zero-order valence-electron chi connectivity index (χ0n) is 10.1. The molecule has 1 aromatic heterocycles. The number of hydrogen-bond donors (Lipinski definition) is 1. The van der Waals surface area contributed by atoms with E-state index in [2.05, 4.69) is 49.2 Å². The summed E-state index contributed by atoms with van der Waals surface area (Å²) in [6.07, 6.45) is 2.96. The van der Waals surface area contributed by atoms with E-state index < -0.39 is 0 Å². The summed E-state index contributed by atoms with van der Waals surface area (Å²) in [5, 5.41) is 3.43. The quantitative estimate of drug-likeness (QED) is 0.802. The molecule has 1 heterocycles. The van der Waals surface area contributed by atoms with Crippen LogP contribution in [0.4, 0.5) is 5.82 Å². The number of aromatic nitrogens is 1. The van der Waals surface area contributed by atoms with Gasteiger partial charge in [0, 0.05) is 12.2 Å². The number of nitrogens with zero attached hydrogens (tertiary/aromatic N) is 2. The topological polar surface area (TPSA) is 28.2 Å². The van der Waals surface area contributed by atoms with Gasteiger partial charge in [-0.1, -0.05) is 6.07 Å². The summed E-state index contributed by atoms with van der Waals surface area (Å²) >= 11 is 0. The molecular weight excluding hydrogens is 186 g/mol. The van der Waals surface area contributed by atoms with Gasteiger partial charge < -0.3 is 10.2 Å². The van der Waals surface area contributed by atoms with Gasteiger partial charge in [0.15, 0.2) is 0 Å². The fourth-order valence-corrected chi connectivity index (χ4v) is 1.39. The lowest BCUT2D eigenvalue weighted by atomic mass is 10.2. The molecule has 0 aromatic carbocycles. The first-order valence-corrected chi connectivity index (χ1v) is 5.42. The molecule has 0 aliphatic carbocycles. The smallest absolute Gasteiger partial charge is 0.129 e. The summed E-state index contributed by atoms with van der Waals surface area (Å²) in [5.41, 5.74) is 1.20. The minimum absolute atomic E-state index is 0.459. The van der Waals surface area contributed by atoms with E-state index in [-0.39, 0.29) is 0 Å². The lowest BCUT2D eigenvalue weighted by Crippen LogP contribution is -2.23. The molecule has 15 heavy (non-hydrogen) atoms. The van der Waals surface area contributed by atoms with Crippen molar-refractivity contribution >= 4 is 5.82 Å². The van der Waals surface area contributed by atoms with E-state index in [1.165, 1.54) is 5.56 Å². The summed E-state index contributed by atoms with van der Waals surface area (Å²) in [7, 11) is 4.19. The molecule has 0 spiro atoms. The summed E-state index contributed by atoms with van der Waals surface area (Å²) in [6.45, 7) is 5.37. The number of hydrogen-bond acceptors (Lipinski definition) is 3. The molecule has 1 rings (SSSR count). The Kier molecular flexibility index (Phi) is 4.56. The maximum Gasteiger partial charge on any atom is 0.129 e. The fraction of sp³-hybridized carbons (Fsp3) is 0.583. The molecule has 0 saturated carbocycles. The number of nitrogens with one attached hydrogen (secondary N) is 1. The van der Waals surface area contributed by atoms with Gasteiger partial charge in [0.1, 0.15) is 5.82 Å². The largest absolute Gasteiger partial charge is 0.367 e. The third-order valence-corrected chi connectivity index (χ3v) is 2.40. The van der Waals surface area contributed by atoms with Gasteiger partial charge >= 0.3 is 0 Å². The third-order valence-electron chi connectivity index (χ3n) is 2.40. The van der Waals surface area contributed by atoms with Crippen LogP contribution in [0.15, 0.2) is 18.3 Å². The van der Waals surface area contributed by atoms with Crippen molar-refractivity contribution < 1.29 is 0 Å². The van der Waals surface area contributed by atoms with Gasteiger partial charge in [0.25, 0.3) is 0 Å². The highest BCUT2D eigenvalue weighted by atomic mass is 15.1. The molecule has 0 saturated heterocycles. The number of pyridine rings is 1. The van der Waals surface area contributed by atoms with E-state index in [4.69, 9.17) is 0 Å². The molecule has 0 aliphatic heterocycles. The minimum atomic E-state index is 0.459. The van der Waals surface area contributed by atoms with Crippen LogP contribution in [0.3, 0.4) is 0 Å². The lowest BCUT2D eigenvalue weighted by molar-refractivity contribution is 0.390.